The number of benzene rings is 2. The molecule has 25 heavy (non-hydrogen) atoms. The minimum Gasteiger partial charge on any atom is -0.495 e. The summed E-state index contributed by atoms with van der Waals surface area (Å²) in [4.78, 5) is 23.5. The average molecular weight is 362 g/mol. The Morgan fingerprint density at radius 3 is 2.52 bits per heavy atom. The molecule has 0 aliphatic heterocycles. The molecule has 1 N–H and O–H groups in total. The highest BCUT2D eigenvalue weighted by Gasteiger charge is 2.08. The molecule has 0 atom stereocenters. The van der Waals surface area contributed by atoms with Crippen molar-refractivity contribution >= 4 is 23.5 Å². The van der Waals surface area contributed by atoms with Crippen molar-refractivity contribution in [3.63, 3.8) is 0 Å². The molecule has 2 rings (SSSR count). The van der Waals surface area contributed by atoms with Gasteiger partial charge in [0.05, 0.1) is 12.1 Å². The molecule has 5 nitrogen and oxygen atoms in total. The van der Waals surface area contributed by atoms with Crippen LogP contribution in [0.25, 0.3) is 0 Å². The number of nitrogens with one attached hydrogen (secondary N) is 1. The van der Waals surface area contributed by atoms with Gasteiger partial charge in [-0.25, -0.2) is 0 Å². The summed E-state index contributed by atoms with van der Waals surface area (Å²) in [6.45, 7) is 0.0505. The maximum atomic E-state index is 11.8. The Morgan fingerprint density at radius 2 is 1.84 bits per heavy atom. The predicted molar refractivity (Wildman–Crippen MR) is 95.6 cm³/mol. The maximum absolute atomic E-state index is 11.8. The lowest BCUT2D eigenvalue weighted by Gasteiger charge is -2.08. The van der Waals surface area contributed by atoms with Crippen LogP contribution in [-0.4, -0.2) is 25.5 Å². The third kappa shape index (κ3) is 6.47. The molecular weight excluding hydrogens is 342 g/mol. The fourth-order valence-electron chi connectivity index (χ4n) is 2.17. The summed E-state index contributed by atoms with van der Waals surface area (Å²) in [7, 11) is 1.55. The van der Waals surface area contributed by atoms with Gasteiger partial charge in [0, 0.05) is 6.42 Å². The Labute approximate surface area is 151 Å². The highest BCUT2D eigenvalue weighted by Crippen LogP contribution is 2.25. The summed E-state index contributed by atoms with van der Waals surface area (Å²) in [5.74, 6) is -0.0932. The fraction of sp³-hybridized carbons (Fsp3) is 0.263. The lowest BCUT2D eigenvalue weighted by Crippen LogP contribution is -2.30. The van der Waals surface area contributed by atoms with Crippen molar-refractivity contribution in [1.29, 1.82) is 0 Å². The zero-order chi connectivity index (χ0) is 18.1. The van der Waals surface area contributed by atoms with Gasteiger partial charge in [-0.05, 0) is 29.7 Å². The molecule has 1 amide bonds. The second kappa shape index (κ2) is 9.69. The summed E-state index contributed by atoms with van der Waals surface area (Å²) < 4.78 is 10.2. The van der Waals surface area contributed by atoms with E-state index in [1.165, 1.54) is 0 Å². The number of hydrogen-bond donors (Lipinski definition) is 1. The molecule has 0 heterocycles. The summed E-state index contributed by atoms with van der Waals surface area (Å²) in [5, 5.41) is 3.06. The average Bonchev–Trinajstić information content (AvgIpc) is 2.64. The molecule has 0 aromatic heterocycles. The summed E-state index contributed by atoms with van der Waals surface area (Å²) >= 11 is 6.05. The van der Waals surface area contributed by atoms with Crippen LogP contribution < -0.4 is 10.1 Å². The zero-order valence-electron chi connectivity index (χ0n) is 14.0. The van der Waals surface area contributed by atoms with Crippen LogP contribution in [-0.2, 0) is 27.4 Å². The Kier molecular flexibility index (Phi) is 7.29. The number of carbonyl (C=O) groups excluding carboxylic acids is 2. The van der Waals surface area contributed by atoms with E-state index in [-0.39, 0.29) is 25.5 Å². The van der Waals surface area contributed by atoms with E-state index in [4.69, 9.17) is 21.1 Å². The van der Waals surface area contributed by atoms with Gasteiger partial charge in [0.1, 0.15) is 18.9 Å². The van der Waals surface area contributed by atoms with Crippen LogP contribution in [0.15, 0.2) is 48.5 Å². The van der Waals surface area contributed by atoms with E-state index in [2.05, 4.69) is 5.32 Å². The first-order valence-corrected chi connectivity index (χ1v) is 8.25. The van der Waals surface area contributed by atoms with Crippen molar-refractivity contribution in [2.45, 2.75) is 19.4 Å². The van der Waals surface area contributed by atoms with Gasteiger partial charge in [-0.15, -0.1) is 0 Å². The lowest BCUT2D eigenvalue weighted by molar-refractivity contribution is -0.145. The number of ether oxygens (including phenoxy) is 2. The number of esters is 1. The van der Waals surface area contributed by atoms with E-state index in [0.29, 0.717) is 17.2 Å². The molecule has 132 valence electrons. The second-order valence-corrected chi connectivity index (χ2v) is 5.80. The molecule has 0 aliphatic carbocycles. The van der Waals surface area contributed by atoms with Crippen molar-refractivity contribution in [3.05, 3.63) is 64.7 Å². The Hall–Kier alpha value is -2.53. The van der Waals surface area contributed by atoms with Gasteiger partial charge in [-0.3, -0.25) is 9.59 Å². The third-order valence-corrected chi connectivity index (χ3v) is 3.82. The predicted octanol–water partition coefficient (Wildman–Crippen LogP) is 3.14. The topological polar surface area (TPSA) is 64.6 Å². The molecule has 0 unspecified atom stereocenters. The van der Waals surface area contributed by atoms with Gasteiger partial charge in [0.25, 0.3) is 0 Å². The number of hydrogen-bond acceptors (Lipinski definition) is 4. The van der Waals surface area contributed by atoms with Crippen LogP contribution in [0.5, 0.6) is 5.75 Å². The van der Waals surface area contributed by atoms with E-state index in [1.54, 1.807) is 19.2 Å². The second-order valence-electron chi connectivity index (χ2n) is 5.39. The molecule has 0 spiro atoms. The summed E-state index contributed by atoms with van der Waals surface area (Å²) in [5.41, 5.74) is 1.83. The minimum atomic E-state index is -0.468. The first kappa shape index (κ1) is 18.8. The SMILES string of the molecule is COc1ccc(CCC(=O)NCC(=O)OCc2ccccc2)cc1Cl. The lowest BCUT2D eigenvalue weighted by atomic mass is 10.1. The highest BCUT2D eigenvalue weighted by molar-refractivity contribution is 6.32. The normalized spacial score (nSPS) is 10.2. The van der Waals surface area contributed by atoms with E-state index in [9.17, 15) is 9.59 Å². The van der Waals surface area contributed by atoms with Crippen LogP contribution in [0, 0.1) is 0 Å². The first-order valence-electron chi connectivity index (χ1n) is 7.87. The van der Waals surface area contributed by atoms with Crippen molar-refractivity contribution < 1.29 is 19.1 Å². The zero-order valence-corrected chi connectivity index (χ0v) is 14.7. The van der Waals surface area contributed by atoms with Crippen LogP contribution in [0.4, 0.5) is 0 Å². The number of carbonyl (C=O) groups is 2. The third-order valence-electron chi connectivity index (χ3n) is 3.53. The minimum absolute atomic E-state index is 0.144. The van der Waals surface area contributed by atoms with E-state index in [0.717, 1.165) is 11.1 Å². The number of rotatable bonds is 8. The van der Waals surface area contributed by atoms with E-state index >= 15 is 0 Å². The van der Waals surface area contributed by atoms with Crippen molar-refractivity contribution in [1.82, 2.24) is 5.32 Å². The van der Waals surface area contributed by atoms with E-state index < -0.39 is 5.97 Å². The smallest absolute Gasteiger partial charge is 0.325 e. The molecule has 0 saturated heterocycles. The molecular formula is C19H20ClNO4. The molecule has 0 fully saturated rings. The Balaban J connectivity index is 1.68. The van der Waals surface area contributed by atoms with Crippen LogP contribution in [0.2, 0.25) is 5.02 Å². The Bertz CT molecular complexity index is 719. The van der Waals surface area contributed by atoms with E-state index in [1.807, 2.05) is 36.4 Å². The van der Waals surface area contributed by atoms with Gasteiger partial charge >= 0.3 is 5.97 Å². The highest BCUT2D eigenvalue weighted by atomic mass is 35.5. The Morgan fingerprint density at radius 1 is 1.08 bits per heavy atom. The summed E-state index contributed by atoms with van der Waals surface area (Å²) in [6.07, 6.45) is 0.781. The number of amides is 1. The molecule has 0 bridgehead atoms. The maximum Gasteiger partial charge on any atom is 0.325 e. The standard InChI is InChI=1S/C19H20ClNO4/c1-24-17-9-7-14(11-16(17)20)8-10-18(22)21-12-19(23)25-13-15-5-3-2-4-6-15/h2-7,9,11H,8,10,12-13H2,1H3,(H,21,22). The number of aryl methyl sites for hydroxylation is 1. The first-order chi connectivity index (χ1) is 12.1. The van der Waals surface area contributed by atoms with Crippen LogP contribution in [0.1, 0.15) is 17.5 Å². The number of methoxy groups -OCH3 is 1. The van der Waals surface area contributed by atoms with Crippen molar-refractivity contribution in [3.8, 4) is 5.75 Å². The van der Waals surface area contributed by atoms with Crippen LogP contribution in [0.3, 0.4) is 0 Å². The van der Waals surface area contributed by atoms with Gasteiger partial charge < -0.3 is 14.8 Å². The van der Waals surface area contributed by atoms with Crippen molar-refractivity contribution in [2.75, 3.05) is 13.7 Å². The molecule has 6 heteroatoms. The quantitative estimate of drug-likeness (QED) is 0.733. The van der Waals surface area contributed by atoms with Crippen LogP contribution >= 0.6 is 11.6 Å². The fourth-order valence-corrected chi connectivity index (χ4v) is 2.45. The molecule has 2 aromatic rings. The molecule has 0 saturated carbocycles. The van der Waals surface area contributed by atoms with Crippen molar-refractivity contribution in [2.24, 2.45) is 0 Å². The molecule has 2 aromatic carbocycles. The van der Waals surface area contributed by atoms with Gasteiger partial charge in [-0.2, -0.15) is 0 Å². The molecule has 0 radical (unpaired) electrons. The number of halogens is 1. The monoisotopic (exact) mass is 361 g/mol. The van der Waals surface area contributed by atoms with Gasteiger partial charge in [-0.1, -0.05) is 48.0 Å². The van der Waals surface area contributed by atoms with Gasteiger partial charge in [0.15, 0.2) is 0 Å². The van der Waals surface area contributed by atoms with Gasteiger partial charge in [0.2, 0.25) is 5.91 Å². The largest absolute Gasteiger partial charge is 0.495 e. The molecule has 0 aliphatic rings. The summed E-state index contributed by atoms with van der Waals surface area (Å²) in [6, 6.07) is 14.7.